The van der Waals surface area contributed by atoms with Crippen LogP contribution in [0, 0.1) is 0 Å². The number of likely N-dealkylation sites (N-methyl/N-ethyl adjacent to an activating group) is 1. The third-order valence-electron chi connectivity index (χ3n) is 4.36. The van der Waals surface area contributed by atoms with Crippen molar-refractivity contribution in [2.45, 2.75) is 36.2 Å². The van der Waals surface area contributed by atoms with Gasteiger partial charge in [-0.2, -0.15) is 0 Å². The number of benzene rings is 1. The first-order valence-electron chi connectivity index (χ1n) is 6.81. The van der Waals surface area contributed by atoms with Crippen LogP contribution in [-0.4, -0.2) is 40.7 Å². The first kappa shape index (κ1) is 13.4. The van der Waals surface area contributed by atoms with Gasteiger partial charge in [-0.1, -0.05) is 30.3 Å². The number of hydrogen-bond acceptors (Lipinski definition) is 2. The van der Waals surface area contributed by atoms with Crippen LogP contribution >= 0.6 is 11.6 Å². The largest absolute Gasteiger partial charge is 0.343 e. The molecular weight excluding hydrogens is 276 g/mol. The first-order chi connectivity index (χ1) is 9.54. The third-order valence-corrected chi connectivity index (χ3v) is 4.96. The Balaban J connectivity index is 1.85. The molecule has 3 rings (SSSR count). The van der Waals surface area contributed by atoms with Gasteiger partial charge in [0.15, 0.2) is 0 Å². The Labute approximate surface area is 123 Å². The van der Waals surface area contributed by atoms with Crippen LogP contribution in [0.3, 0.4) is 0 Å². The quantitative estimate of drug-likeness (QED) is 0.836. The summed E-state index contributed by atoms with van der Waals surface area (Å²) in [4.78, 5) is 26.4. The molecule has 1 heterocycles. The Morgan fingerprint density at radius 3 is 2.55 bits per heavy atom. The SMILES string of the molecule is CN1C(=O)[C@H](Cc2ccccc2)NC(=O)[C@H](Cl)C12CC2. The Bertz CT molecular complexity index is 542. The number of nitrogens with zero attached hydrogens (tertiary/aromatic N) is 1. The monoisotopic (exact) mass is 292 g/mol. The molecule has 1 saturated carbocycles. The summed E-state index contributed by atoms with van der Waals surface area (Å²) in [5, 5.41) is 2.14. The van der Waals surface area contributed by atoms with E-state index in [1.165, 1.54) is 0 Å². The molecular formula is C15H17ClN2O2. The predicted octanol–water partition coefficient (Wildman–Crippen LogP) is 1.33. The molecule has 1 spiro atoms. The molecule has 20 heavy (non-hydrogen) atoms. The predicted molar refractivity (Wildman–Crippen MR) is 76.5 cm³/mol. The summed E-state index contributed by atoms with van der Waals surface area (Å²) in [5.41, 5.74) is 0.561. The van der Waals surface area contributed by atoms with E-state index in [2.05, 4.69) is 5.32 Å². The number of hydrogen-bond donors (Lipinski definition) is 1. The molecule has 0 unspecified atom stereocenters. The average Bonchev–Trinajstić information content (AvgIpc) is 3.26. The second-order valence-electron chi connectivity index (χ2n) is 5.61. The van der Waals surface area contributed by atoms with Crippen LogP contribution in [0.25, 0.3) is 0 Å². The van der Waals surface area contributed by atoms with Gasteiger partial charge in [-0.25, -0.2) is 0 Å². The van der Waals surface area contributed by atoms with E-state index >= 15 is 0 Å². The van der Waals surface area contributed by atoms with Crippen LogP contribution in [0.4, 0.5) is 0 Å². The highest BCUT2D eigenvalue weighted by Gasteiger charge is 2.59. The first-order valence-corrected chi connectivity index (χ1v) is 7.24. The fraction of sp³-hybridized carbons (Fsp3) is 0.467. The summed E-state index contributed by atoms with van der Waals surface area (Å²) in [7, 11) is 1.75. The van der Waals surface area contributed by atoms with Gasteiger partial charge in [0, 0.05) is 13.5 Å². The van der Waals surface area contributed by atoms with Crippen molar-refractivity contribution < 1.29 is 9.59 Å². The van der Waals surface area contributed by atoms with E-state index in [-0.39, 0.29) is 11.8 Å². The van der Waals surface area contributed by atoms with E-state index in [4.69, 9.17) is 11.6 Å². The molecule has 4 nitrogen and oxygen atoms in total. The van der Waals surface area contributed by atoms with Crippen molar-refractivity contribution in [1.29, 1.82) is 0 Å². The van der Waals surface area contributed by atoms with Crippen molar-refractivity contribution >= 4 is 23.4 Å². The highest BCUT2D eigenvalue weighted by Crippen LogP contribution is 2.47. The van der Waals surface area contributed by atoms with Crippen molar-refractivity contribution in [3.63, 3.8) is 0 Å². The number of carbonyl (C=O) groups is 2. The zero-order valence-corrected chi connectivity index (χ0v) is 12.1. The van der Waals surface area contributed by atoms with Crippen LogP contribution < -0.4 is 5.32 Å². The lowest BCUT2D eigenvalue weighted by Crippen LogP contribution is -2.47. The highest BCUT2D eigenvalue weighted by molar-refractivity contribution is 6.32. The van der Waals surface area contributed by atoms with Gasteiger partial charge >= 0.3 is 0 Å². The highest BCUT2D eigenvalue weighted by atomic mass is 35.5. The fourth-order valence-electron chi connectivity index (χ4n) is 2.88. The zero-order valence-electron chi connectivity index (χ0n) is 11.3. The minimum absolute atomic E-state index is 0.0529. The van der Waals surface area contributed by atoms with Crippen LogP contribution in [0.2, 0.25) is 0 Å². The van der Waals surface area contributed by atoms with Gasteiger partial charge in [0.05, 0.1) is 5.54 Å². The summed E-state index contributed by atoms with van der Waals surface area (Å²) in [5.74, 6) is -0.286. The summed E-state index contributed by atoms with van der Waals surface area (Å²) < 4.78 is 0. The zero-order chi connectivity index (χ0) is 14.3. The van der Waals surface area contributed by atoms with Crippen molar-refractivity contribution in [2.24, 2.45) is 0 Å². The normalized spacial score (nSPS) is 28.2. The molecule has 1 aromatic rings. The van der Waals surface area contributed by atoms with Gasteiger partial charge in [-0.05, 0) is 18.4 Å². The minimum atomic E-state index is -0.655. The Kier molecular flexibility index (Phi) is 3.21. The van der Waals surface area contributed by atoms with Gasteiger partial charge in [-0.15, -0.1) is 11.6 Å². The van der Waals surface area contributed by atoms with Crippen molar-refractivity contribution in [3.05, 3.63) is 35.9 Å². The molecule has 2 aliphatic rings. The molecule has 1 N–H and O–H groups in total. The number of carbonyl (C=O) groups excluding carboxylic acids is 2. The Morgan fingerprint density at radius 2 is 1.95 bits per heavy atom. The standard InChI is InChI=1S/C15H17ClN2O2/c1-18-14(20)11(9-10-5-3-2-4-6-10)17-13(19)12(16)15(18)7-8-15/h2-6,11-12H,7-9H2,1H3,(H,17,19)/t11-,12-/m0/s1. The summed E-state index contributed by atoms with van der Waals surface area (Å²) >= 11 is 6.25. The molecule has 0 radical (unpaired) electrons. The number of rotatable bonds is 2. The topological polar surface area (TPSA) is 49.4 Å². The molecule has 0 aromatic heterocycles. The molecule has 2 atom stereocenters. The van der Waals surface area contributed by atoms with E-state index in [1.807, 2.05) is 30.3 Å². The molecule has 1 saturated heterocycles. The van der Waals surface area contributed by atoms with Crippen LogP contribution in [0.15, 0.2) is 30.3 Å². The summed E-state index contributed by atoms with van der Waals surface area (Å²) in [6.45, 7) is 0. The fourth-order valence-corrected chi connectivity index (χ4v) is 3.31. The van der Waals surface area contributed by atoms with Gasteiger partial charge in [0.1, 0.15) is 11.4 Å². The lowest BCUT2D eigenvalue weighted by molar-refractivity contribution is -0.134. The maximum Gasteiger partial charge on any atom is 0.245 e. The molecule has 106 valence electrons. The number of amides is 2. The summed E-state index contributed by atoms with van der Waals surface area (Å²) in [6, 6.07) is 9.15. The molecule has 5 heteroatoms. The van der Waals surface area contributed by atoms with E-state index < -0.39 is 17.0 Å². The Morgan fingerprint density at radius 1 is 1.30 bits per heavy atom. The van der Waals surface area contributed by atoms with Gasteiger partial charge in [0.2, 0.25) is 11.8 Å². The van der Waals surface area contributed by atoms with E-state index in [9.17, 15) is 9.59 Å². The third kappa shape index (κ3) is 2.08. The lowest BCUT2D eigenvalue weighted by atomic mass is 10.0. The van der Waals surface area contributed by atoms with E-state index in [1.54, 1.807) is 11.9 Å². The maximum absolute atomic E-state index is 12.5. The van der Waals surface area contributed by atoms with Crippen LogP contribution in [0.1, 0.15) is 18.4 Å². The molecule has 1 aliphatic heterocycles. The van der Waals surface area contributed by atoms with Gasteiger partial charge < -0.3 is 10.2 Å². The maximum atomic E-state index is 12.5. The number of nitrogens with one attached hydrogen (secondary N) is 1. The molecule has 1 aliphatic carbocycles. The molecule has 1 aromatic carbocycles. The van der Waals surface area contributed by atoms with Crippen molar-refractivity contribution in [2.75, 3.05) is 7.05 Å². The van der Waals surface area contributed by atoms with E-state index in [0.717, 1.165) is 18.4 Å². The average molecular weight is 293 g/mol. The van der Waals surface area contributed by atoms with Crippen molar-refractivity contribution in [1.82, 2.24) is 10.2 Å². The van der Waals surface area contributed by atoms with Crippen LogP contribution in [-0.2, 0) is 16.0 Å². The van der Waals surface area contributed by atoms with Crippen molar-refractivity contribution in [3.8, 4) is 0 Å². The Hall–Kier alpha value is -1.55. The van der Waals surface area contributed by atoms with E-state index in [0.29, 0.717) is 6.42 Å². The van der Waals surface area contributed by atoms with Crippen LogP contribution in [0.5, 0.6) is 0 Å². The summed E-state index contributed by atoms with van der Waals surface area (Å²) in [6.07, 6.45) is 2.10. The number of alkyl halides is 1. The van der Waals surface area contributed by atoms with Gasteiger partial charge in [0.25, 0.3) is 0 Å². The molecule has 0 bridgehead atoms. The second kappa shape index (κ2) is 4.77. The second-order valence-corrected chi connectivity index (χ2v) is 6.05. The lowest BCUT2D eigenvalue weighted by Gasteiger charge is -2.28. The van der Waals surface area contributed by atoms with Gasteiger partial charge in [-0.3, -0.25) is 9.59 Å². The molecule has 2 amide bonds. The number of halogens is 1. The smallest absolute Gasteiger partial charge is 0.245 e. The molecule has 2 fully saturated rings. The minimum Gasteiger partial charge on any atom is -0.343 e.